The molecular formula is C13H10ClNO3S. The summed E-state index contributed by atoms with van der Waals surface area (Å²) in [4.78, 5) is 23.7. The third-order valence-corrected chi connectivity index (χ3v) is 3.78. The molecule has 0 bridgehead atoms. The maximum Gasteiger partial charge on any atom is 0.337 e. The van der Waals surface area contributed by atoms with Crippen molar-refractivity contribution in [2.24, 2.45) is 0 Å². The number of rotatable bonds is 3. The largest absolute Gasteiger partial charge is 0.478 e. The van der Waals surface area contributed by atoms with Crippen LogP contribution in [0.2, 0.25) is 5.02 Å². The lowest BCUT2D eigenvalue weighted by Gasteiger charge is -2.08. The van der Waals surface area contributed by atoms with Crippen LogP contribution >= 0.6 is 22.9 Å². The number of carboxylic acid groups (broad SMARTS) is 1. The summed E-state index contributed by atoms with van der Waals surface area (Å²) in [7, 11) is 0. The van der Waals surface area contributed by atoms with Crippen LogP contribution in [0.4, 0.5) is 5.69 Å². The van der Waals surface area contributed by atoms with Crippen molar-refractivity contribution in [2.45, 2.75) is 6.92 Å². The second-order valence-corrected chi connectivity index (χ2v) is 5.23. The van der Waals surface area contributed by atoms with Gasteiger partial charge < -0.3 is 10.4 Å². The standard InChI is InChI=1S/C13H10ClNO3S/c1-7-4-5-19-11(7)12(16)15-10-3-2-8(14)6-9(10)13(17)18/h2-6H,1H3,(H,15,16)(H,17,18). The van der Waals surface area contributed by atoms with E-state index < -0.39 is 5.97 Å². The Bertz CT molecular complexity index is 651. The fraction of sp³-hybridized carbons (Fsp3) is 0.0769. The Morgan fingerprint density at radius 1 is 1.32 bits per heavy atom. The van der Waals surface area contributed by atoms with Crippen molar-refractivity contribution in [3.63, 3.8) is 0 Å². The molecule has 0 spiro atoms. The minimum Gasteiger partial charge on any atom is -0.478 e. The van der Waals surface area contributed by atoms with E-state index in [1.807, 2.05) is 18.4 Å². The zero-order chi connectivity index (χ0) is 14.0. The second kappa shape index (κ2) is 5.42. The lowest BCUT2D eigenvalue weighted by molar-refractivity contribution is 0.0698. The van der Waals surface area contributed by atoms with Crippen molar-refractivity contribution in [2.75, 3.05) is 5.32 Å². The molecule has 1 amide bonds. The van der Waals surface area contributed by atoms with E-state index in [2.05, 4.69) is 5.32 Å². The number of amides is 1. The Hall–Kier alpha value is -1.85. The highest BCUT2D eigenvalue weighted by atomic mass is 35.5. The highest BCUT2D eigenvalue weighted by molar-refractivity contribution is 7.12. The molecule has 0 aliphatic heterocycles. The van der Waals surface area contributed by atoms with Crippen molar-refractivity contribution < 1.29 is 14.7 Å². The molecule has 19 heavy (non-hydrogen) atoms. The number of carbonyl (C=O) groups is 2. The molecule has 1 aromatic heterocycles. The SMILES string of the molecule is Cc1ccsc1C(=O)Nc1ccc(Cl)cc1C(=O)O. The smallest absolute Gasteiger partial charge is 0.337 e. The average Bonchev–Trinajstić information content (AvgIpc) is 2.77. The first-order chi connectivity index (χ1) is 8.99. The lowest BCUT2D eigenvalue weighted by atomic mass is 10.1. The van der Waals surface area contributed by atoms with E-state index in [4.69, 9.17) is 16.7 Å². The van der Waals surface area contributed by atoms with E-state index in [0.717, 1.165) is 5.56 Å². The van der Waals surface area contributed by atoms with Crippen LogP contribution in [0.3, 0.4) is 0 Å². The van der Waals surface area contributed by atoms with Gasteiger partial charge in [-0.1, -0.05) is 11.6 Å². The van der Waals surface area contributed by atoms with Crippen molar-refractivity contribution in [1.29, 1.82) is 0 Å². The van der Waals surface area contributed by atoms with Gasteiger partial charge in [0, 0.05) is 5.02 Å². The number of anilines is 1. The number of hydrogen-bond acceptors (Lipinski definition) is 3. The van der Waals surface area contributed by atoms with Gasteiger partial charge in [-0.3, -0.25) is 4.79 Å². The van der Waals surface area contributed by atoms with Gasteiger partial charge in [0.15, 0.2) is 0 Å². The van der Waals surface area contributed by atoms with Gasteiger partial charge in [-0.25, -0.2) is 4.79 Å². The van der Waals surface area contributed by atoms with Crippen LogP contribution in [-0.2, 0) is 0 Å². The maximum atomic E-state index is 12.0. The summed E-state index contributed by atoms with van der Waals surface area (Å²) in [5, 5.41) is 13.8. The van der Waals surface area contributed by atoms with Gasteiger partial charge in [0.1, 0.15) is 0 Å². The Labute approximate surface area is 118 Å². The molecule has 0 radical (unpaired) electrons. The summed E-state index contributed by atoms with van der Waals surface area (Å²) >= 11 is 7.06. The first kappa shape index (κ1) is 13.6. The molecular weight excluding hydrogens is 286 g/mol. The molecule has 0 saturated carbocycles. The number of carboxylic acids is 1. The van der Waals surface area contributed by atoms with E-state index in [1.54, 1.807) is 0 Å². The van der Waals surface area contributed by atoms with Crippen molar-refractivity contribution in [3.05, 3.63) is 50.7 Å². The number of carbonyl (C=O) groups excluding carboxylic acids is 1. The van der Waals surface area contributed by atoms with Gasteiger partial charge in [0.25, 0.3) is 5.91 Å². The van der Waals surface area contributed by atoms with Crippen molar-refractivity contribution in [1.82, 2.24) is 0 Å². The van der Waals surface area contributed by atoms with Crippen LogP contribution in [0.1, 0.15) is 25.6 Å². The van der Waals surface area contributed by atoms with Gasteiger partial charge >= 0.3 is 5.97 Å². The van der Waals surface area contributed by atoms with Crippen LogP contribution in [0.25, 0.3) is 0 Å². The van der Waals surface area contributed by atoms with Crippen LogP contribution in [0.5, 0.6) is 0 Å². The lowest BCUT2D eigenvalue weighted by Crippen LogP contribution is -2.14. The number of aryl methyl sites for hydroxylation is 1. The molecule has 6 heteroatoms. The summed E-state index contributed by atoms with van der Waals surface area (Å²) in [6.07, 6.45) is 0. The molecule has 0 aliphatic carbocycles. The number of hydrogen-bond donors (Lipinski definition) is 2. The molecule has 0 saturated heterocycles. The zero-order valence-electron chi connectivity index (χ0n) is 9.94. The Morgan fingerprint density at radius 3 is 2.63 bits per heavy atom. The summed E-state index contributed by atoms with van der Waals surface area (Å²) < 4.78 is 0. The van der Waals surface area contributed by atoms with Crippen LogP contribution < -0.4 is 5.32 Å². The number of halogens is 1. The minimum atomic E-state index is -1.14. The van der Waals surface area contributed by atoms with Gasteiger partial charge in [0.2, 0.25) is 0 Å². The predicted molar refractivity (Wildman–Crippen MR) is 75.4 cm³/mol. The summed E-state index contributed by atoms with van der Waals surface area (Å²) in [6.45, 7) is 1.82. The summed E-state index contributed by atoms with van der Waals surface area (Å²) in [5.74, 6) is -1.46. The van der Waals surface area contributed by atoms with Crippen LogP contribution in [0, 0.1) is 6.92 Å². The molecule has 0 fully saturated rings. The normalized spacial score (nSPS) is 10.2. The number of thiophene rings is 1. The quantitative estimate of drug-likeness (QED) is 0.908. The Morgan fingerprint density at radius 2 is 2.05 bits per heavy atom. The van der Waals surface area contributed by atoms with Gasteiger partial charge in [-0.15, -0.1) is 11.3 Å². The van der Waals surface area contributed by atoms with E-state index in [-0.39, 0.29) is 17.2 Å². The fourth-order valence-corrected chi connectivity index (χ4v) is 2.58. The summed E-state index contributed by atoms with van der Waals surface area (Å²) in [6, 6.07) is 6.15. The first-order valence-electron chi connectivity index (χ1n) is 5.37. The number of aromatic carboxylic acids is 1. The minimum absolute atomic E-state index is 0.0324. The fourth-order valence-electron chi connectivity index (χ4n) is 1.59. The second-order valence-electron chi connectivity index (χ2n) is 3.88. The monoisotopic (exact) mass is 295 g/mol. The average molecular weight is 296 g/mol. The molecule has 2 N–H and O–H groups in total. The van der Waals surface area contributed by atoms with E-state index in [9.17, 15) is 9.59 Å². The molecule has 0 aliphatic rings. The molecule has 2 rings (SSSR count). The number of benzene rings is 1. The molecule has 98 valence electrons. The molecule has 1 aromatic carbocycles. The van der Waals surface area contributed by atoms with Crippen LogP contribution in [-0.4, -0.2) is 17.0 Å². The van der Waals surface area contributed by atoms with E-state index >= 15 is 0 Å². The van der Waals surface area contributed by atoms with Crippen LogP contribution in [0.15, 0.2) is 29.6 Å². The van der Waals surface area contributed by atoms with E-state index in [1.165, 1.54) is 29.5 Å². The molecule has 0 unspecified atom stereocenters. The zero-order valence-corrected chi connectivity index (χ0v) is 11.5. The third kappa shape index (κ3) is 2.94. The number of nitrogens with one attached hydrogen (secondary N) is 1. The molecule has 0 atom stereocenters. The highest BCUT2D eigenvalue weighted by Gasteiger charge is 2.16. The van der Waals surface area contributed by atoms with Gasteiger partial charge in [-0.2, -0.15) is 0 Å². The Kier molecular flexibility index (Phi) is 3.87. The van der Waals surface area contributed by atoms with Gasteiger partial charge in [-0.05, 0) is 42.1 Å². The Balaban J connectivity index is 2.32. The molecule has 2 aromatic rings. The summed E-state index contributed by atoms with van der Waals surface area (Å²) in [5.41, 5.74) is 1.05. The third-order valence-electron chi connectivity index (χ3n) is 2.53. The maximum absolute atomic E-state index is 12.0. The molecule has 4 nitrogen and oxygen atoms in total. The van der Waals surface area contributed by atoms with Crippen molar-refractivity contribution in [3.8, 4) is 0 Å². The predicted octanol–water partition coefficient (Wildman–Crippen LogP) is 3.66. The molecule has 1 heterocycles. The van der Waals surface area contributed by atoms with Crippen molar-refractivity contribution >= 4 is 40.5 Å². The highest BCUT2D eigenvalue weighted by Crippen LogP contribution is 2.23. The topological polar surface area (TPSA) is 66.4 Å². The first-order valence-corrected chi connectivity index (χ1v) is 6.63. The van der Waals surface area contributed by atoms with Gasteiger partial charge in [0.05, 0.1) is 16.1 Å². The van der Waals surface area contributed by atoms with E-state index in [0.29, 0.717) is 9.90 Å².